The van der Waals surface area contributed by atoms with E-state index in [1.54, 1.807) is 19.1 Å². The largest absolute Gasteiger partial charge is 0.467 e. The minimum atomic E-state index is -0.216. The topological polar surface area (TPSA) is 98.1 Å². The number of hydrogen-bond donors (Lipinski definition) is 0. The molecule has 0 N–H and O–H groups in total. The van der Waals surface area contributed by atoms with Gasteiger partial charge in [-0.2, -0.15) is 15.2 Å². The van der Waals surface area contributed by atoms with Gasteiger partial charge in [0.25, 0.3) is 0 Å². The molecule has 3 aliphatic rings. The van der Waals surface area contributed by atoms with Crippen LogP contribution in [0.5, 0.6) is 6.01 Å². The summed E-state index contributed by atoms with van der Waals surface area (Å²) in [6.45, 7) is 9.09. The summed E-state index contributed by atoms with van der Waals surface area (Å²) in [6, 6.07) is 17.2. The maximum absolute atomic E-state index is 12.3. The number of ether oxygens (including phenoxy) is 2. The predicted octanol–water partition coefficient (Wildman–Crippen LogP) is 3.65. The van der Waals surface area contributed by atoms with Gasteiger partial charge in [-0.1, -0.05) is 43.0 Å². The number of benzene rings is 2. The monoisotopic (exact) mass is 583 g/mol. The highest BCUT2D eigenvalue weighted by Crippen LogP contribution is 2.34. The standard InChI is InChI=1S/C27H28N6O2.C6H13NO/c1-3-25(34)33-16-15-32(17-20(33)11-13-28)26-22-12-14-31(18-23(22)29-27(30-26)35-2)24-10-6-8-19-7-4-5-9-21(19)24;1-7-4-3-6(5-7)8-2/h3-10,20H,1,11-12,14-18H2,2H3;6H,3-5H2,1-2H3. The van der Waals surface area contributed by atoms with Crippen LogP contribution in [0.25, 0.3) is 10.8 Å². The highest BCUT2D eigenvalue weighted by atomic mass is 16.5. The predicted molar refractivity (Wildman–Crippen MR) is 168 cm³/mol. The Labute approximate surface area is 254 Å². The average Bonchev–Trinajstić information content (AvgIpc) is 3.49. The second-order valence-electron chi connectivity index (χ2n) is 11.2. The van der Waals surface area contributed by atoms with Gasteiger partial charge < -0.3 is 29.1 Å². The second kappa shape index (κ2) is 13.8. The Balaban J connectivity index is 0.000000400. The van der Waals surface area contributed by atoms with Crippen LogP contribution < -0.4 is 14.5 Å². The van der Waals surface area contributed by atoms with Gasteiger partial charge in [0.15, 0.2) is 0 Å². The molecule has 10 nitrogen and oxygen atoms in total. The van der Waals surface area contributed by atoms with E-state index in [-0.39, 0.29) is 18.4 Å². The summed E-state index contributed by atoms with van der Waals surface area (Å²) in [5.74, 6) is 0.705. The van der Waals surface area contributed by atoms with Crippen molar-refractivity contribution < 1.29 is 14.3 Å². The zero-order valence-electron chi connectivity index (χ0n) is 25.4. The summed E-state index contributed by atoms with van der Waals surface area (Å²) in [5.41, 5.74) is 3.26. The lowest BCUT2D eigenvalue weighted by atomic mass is 10.0. The van der Waals surface area contributed by atoms with Crippen LogP contribution in [-0.2, 0) is 22.5 Å². The van der Waals surface area contributed by atoms with E-state index in [4.69, 9.17) is 19.4 Å². The molecule has 1 amide bonds. The third-order valence-corrected chi connectivity index (χ3v) is 8.56. The van der Waals surface area contributed by atoms with E-state index in [1.807, 2.05) is 0 Å². The highest BCUT2D eigenvalue weighted by Gasteiger charge is 2.33. The summed E-state index contributed by atoms with van der Waals surface area (Å²) < 4.78 is 10.6. The summed E-state index contributed by atoms with van der Waals surface area (Å²) in [6.07, 6.45) is 4.08. The Morgan fingerprint density at radius 2 is 1.88 bits per heavy atom. The number of methoxy groups -OCH3 is 2. The molecule has 3 aliphatic heterocycles. The Bertz CT molecular complexity index is 1480. The third kappa shape index (κ3) is 6.74. The molecule has 0 bridgehead atoms. The van der Waals surface area contributed by atoms with Crippen LogP contribution in [0.1, 0.15) is 24.1 Å². The van der Waals surface area contributed by atoms with Crippen molar-refractivity contribution in [3.05, 3.63) is 66.4 Å². The quantitative estimate of drug-likeness (QED) is 0.403. The average molecular weight is 584 g/mol. The number of nitriles is 1. The van der Waals surface area contributed by atoms with Crippen molar-refractivity contribution in [1.29, 1.82) is 5.26 Å². The van der Waals surface area contributed by atoms with Crippen molar-refractivity contribution in [1.82, 2.24) is 19.8 Å². The minimum Gasteiger partial charge on any atom is -0.467 e. The van der Waals surface area contributed by atoms with Crippen molar-refractivity contribution in [2.45, 2.75) is 38.0 Å². The van der Waals surface area contributed by atoms with Crippen LogP contribution in [0.2, 0.25) is 0 Å². The molecule has 1 aromatic heterocycles. The van der Waals surface area contributed by atoms with Gasteiger partial charge in [-0.3, -0.25) is 4.79 Å². The number of rotatable bonds is 6. The molecule has 2 unspecified atom stereocenters. The fourth-order valence-corrected chi connectivity index (χ4v) is 6.25. The number of carbonyl (C=O) groups excluding carboxylic acids is 1. The third-order valence-electron chi connectivity index (χ3n) is 8.56. The van der Waals surface area contributed by atoms with Gasteiger partial charge in [0.05, 0.1) is 44.0 Å². The number of anilines is 2. The van der Waals surface area contributed by atoms with Crippen LogP contribution >= 0.6 is 0 Å². The minimum absolute atomic E-state index is 0.141. The van der Waals surface area contributed by atoms with Crippen LogP contribution in [-0.4, -0.2) is 98.4 Å². The molecule has 2 atom stereocenters. The van der Waals surface area contributed by atoms with Gasteiger partial charge >= 0.3 is 6.01 Å². The number of fused-ring (bicyclic) bond motifs is 2. The highest BCUT2D eigenvalue weighted by molar-refractivity contribution is 5.94. The Kier molecular flexibility index (Phi) is 9.75. The Morgan fingerprint density at radius 3 is 2.58 bits per heavy atom. The van der Waals surface area contributed by atoms with Crippen LogP contribution in [0.15, 0.2) is 55.1 Å². The zero-order chi connectivity index (χ0) is 30.3. The van der Waals surface area contributed by atoms with Gasteiger partial charge in [-0.05, 0) is 37.4 Å². The van der Waals surface area contributed by atoms with E-state index in [9.17, 15) is 10.1 Å². The van der Waals surface area contributed by atoms with Gasteiger partial charge in [0.2, 0.25) is 5.91 Å². The van der Waals surface area contributed by atoms with Crippen molar-refractivity contribution in [3.8, 4) is 12.1 Å². The maximum atomic E-state index is 12.3. The molecule has 10 heteroatoms. The Morgan fingerprint density at radius 1 is 1.07 bits per heavy atom. The fraction of sp³-hybridized carbons (Fsp3) is 0.455. The number of carbonyl (C=O) groups is 1. The number of aromatic nitrogens is 2. The number of nitrogens with zero attached hydrogens (tertiary/aromatic N) is 7. The number of likely N-dealkylation sites (N-methyl/N-ethyl adjacent to an activating group) is 1. The molecule has 0 radical (unpaired) electrons. The first-order valence-electron chi connectivity index (χ1n) is 14.9. The molecule has 3 aromatic rings. The summed E-state index contributed by atoms with van der Waals surface area (Å²) >= 11 is 0. The SMILES string of the molecule is C=CC(=O)N1CCN(c2nc(OC)nc3c2CCN(c2cccc4ccccc24)C3)CC1CC#N.COC1CCN(C)C1. The van der Waals surface area contributed by atoms with E-state index in [1.165, 1.54) is 35.5 Å². The Hall–Kier alpha value is -4.20. The van der Waals surface area contributed by atoms with Crippen molar-refractivity contribution >= 4 is 28.2 Å². The number of hydrogen-bond acceptors (Lipinski definition) is 9. The molecular weight excluding hydrogens is 542 g/mol. The molecule has 2 saturated heterocycles. The van der Waals surface area contributed by atoms with E-state index >= 15 is 0 Å². The second-order valence-corrected chi connectivity index (χ2v) is 11.2. The van der Waals surface area contributed by atoms with Gasteiger partial charge in [0.1, 0.15) is 5.82 Å². The fourth-order valence-electron chi connectivity index (χ4n) is 6.25. The first kappa shape index (κ1) is 30.3. The maximum Gasteiger partial charge on any atom is 0.318 e. The smallest absolute Gasteiger partial charge is 0.318 e. The summed E-state index contributed by atoms with van der Waals surface area (Å²) in [5, 5.41) is 11.8. The zero-order valence-corrected chi connectivity index (χ0v) is 25.4. The summed E-state index contributed by atoms with van der Waals surface area (Å²) in [4.78, 5) is 30.3. The van der Waals surface area contributed by atoms with E-state index in [0.29, 0.717) is 38.3 Å². The molecule has 0 saturated carbocycles. The molecule has 2 fully saturated rings. The molecule has 6 rings (SSSR count). The molecule has 4 heterocycles. The van der Waals surface area contributed by atoms with Crippen molar-refractivity contribution in [2.75, 3.05) is 70.3 Å². The lowest BCUT2D eigenvalue weighted by Gasteiger charge is -2.42. The first-order chi connectivity index (χ1) is 20.9. The van der Waals surface area contributed by atoms with Gasteiger partial charge in [-0.25, -0.2) is 0 Å². The lowest BCUT2D eigenvalue weighted by molar-refractivity contribution is -0.128. The first-order valence-corrected chi connectivity index (χ1v) is 14.9. The van der Waals surface area contributed by atoms with Crippen LogP contribution in [0.4, 0.5) is 11.5 Å². The van der Waals surface area contributed by atoms with Gasteiger partial charge in [-0.15, -0.1) is 0 Å². The molecule has 2 aromatic carbocycles. The van der Waals surface area contributed by atoms with Crippen molar-refractivity contribution in [3.63, 3.8) is 0 Å². The molecule has 43 heavy (non-hydrogen) atoms. The van der Waals surface area contributed by atoms with Crippen molar-refractivity contribution in [2.24, 2.45) is 0 Å². The number of piperazine rings is 1. The lowest BCUT2D eigenvalue weighted by Crippen LogP contribution is -2.55. The molecular formula is C33H41N7O3. The van der Waals surface area contributed by atoms with E-state index < -0.39 is 0 Å². The van der Waals surface area contributed by atoms with Crippen LogP contribution in [0, 0.1) is 11.3 Å². The molecule has 0 aliphatic carbocycles. The normalized spacial score (nSPS) is 20.2. The van der Waals surface area contributed by atoms with Gasteiger partial charge in [0, 0.05) is 63.0 Å². The molecule has 0 spiro atoms. The van der Waals surface area contributed by atoms with Crippen LogP contribution in [0.3, 0.4) is 0 Å². The molecule has 226 valence electrons. The number of amides is 1. The van der Waals surface area contributed by atoms with E-state index in [0.717, 1.165) is 36.6 Å². The van der Waals surface area contributed by atoms with E-state index in [2.05, 4.69) is 76.9 Å². The number of likely N-dealkylation sites (tertiary alicyclic amines) is 1. The summed E-state index contributed by atoms with van der Waals surface area (Å²) in [7, 11) is 5.48.